The molecule has 3 aromatic rings. The van der Waals surface area contributed by atoms with Gasteiger partial charge in [-0.05, 0) is 24.6 Å². The first-order chi connectivity index (χ1) is 15.0. The molecule has 0 saturated heterocycles. The number of carbonyl (C=O) groups is 2. The summed E-state index contributed by atoms with van der Waals surface area (Å²) in [6.45, 7) is 2.05. The van der Waals surface area contributed by atoms with E-state index in [1.807, 2.05) is 36.4 Å². The van der Waals surface area contributed by atoms with Crippen molar-refractivity contribution in [1.29, 1.82) is 5.26 Å². The molecule has 1 N–H and O–H groups in total. The number of thiazole rings is 1. The lowest BCUT2D eigenvalue weighted by Gasteiger charge is -2.06. The minimum Gasteiger partial charge on any atom is -0.463 e. The fourth-order valence-electron chi connectivity index (χ4n) is 2.81. The van der Waals surface area contributed by atoms with Gasteiger partial charge in [0.15, 0.2) is 5.57 Å². The van der Waals surface area contributed by atoms with Gasteiger partial charge in [0.2, 0.25) is 0 Å². The average molecular weight is 433 g/mol. The summed E-state index contributed by atoms with van der Waals surface area (Å²) < 4.78 is 6.36. The van der Waals surface area contributed by atoms with Gasteiger partial charge >= 0.3 is 5.97 Å². The van der Waals surface area contributed by atoms with Crippen molar-refractivity contribution in [1.82, 2.24) is 9.88 Å². The fraction of sp³-hybridized carbons (Fsp3) is 0.130. The Morgan fingerprint density at radius 1 is 1.13 bits per heavy atom. The number of nitrogens with zero attached hydrogens (tertiary/aromatic N) is 2. The number of ether oxygens (including phenoxy) is 1. The zero-order valence-electron chi connectivity index (χ0n) is 16.7. The van der Waals surface area contributed by atoms with E-state index in [2.05, 4.69) is 5.32 Å². The summed E-state index contributed by atoms with van der Waals surface area (Å²) in [6.07, 6.45) is 1.08. The monoisotopic (exact) mass is 433 g/mol. The normalized spacial score (nSPS) is 12.1. The van der Waals surface area contributed by atoms with Gasteiger partial charge in [-0.25, -0.2) is 4.79 Å². The first-order valence-electron chi connectivity index (χ1n) is 9.47. The molecule has 1 aromatic heterocycles. The van der Waals surface area contributed by atoms with Gasteiger partial charge in [-0.3, -0.25) is 14.2 Å². The van der Waals surface area contributed by atoms with Crippen LogP contribution in [0.25, 0.3) is 17.3 Å². The Labute approximate surface area is 182 Å². The van der Waals surface area contributed by atoms with Crippen LogP contribution in [0, 0.1) is 11.3 Å². The summed E-state index contributed by atoms with van der Waals surface area (Å²) >= 11 is 0.892. The van der Waals surface area contributed by atoms with Crippen LogP contribution in [0.3, 0.4) is 0 Å². The van der Waals surface area contributed by atoms with Gasteiger partial charge in [-0.15, -0.1) is 11.3 Å². The zero-order chi connectivity index (χ0) is 22.2. The summed E-state index contributed by atoms with van der Waals surface area (Å²) in [5.41, 5.74) is 0.621. The zero-order valence-corrected chi connectivity index (χ0v) is 17.5. The van der Waals surface area contributed by atoms with Crippen LogP contribution in [-0.2, 0) is 20.9 Å². The Bertz CT molecular complexity index is 1300. The topological polar surface area (TPSA) is 101 Å². The van der Waals surface area contributed by atoms with Crippen molar-refractivity contribution in [2.75, 3.05) is 6.61 Å². The second-order valence-electron chi connectivity index (χ2n) is 6.30. The lowest BCUT2D eigenvalue weighted by atomic mass is 10.2. The van der Waals surface area contributed by atoms with E-state index in [1.165, 1.54) is 4.57 Å². The van der Waals surface area contributed by atoms with Crippen LogP contribution < -0.4 is 20.1 Å². The number of nitriles is 1. The van der Waals surface area contributed by atoms with Gasteiger partial charge in [-0.1, -0.05) is 48.5 Å². The van der Waals surface area contributed by atoms with Crippen molar-refractivity contribution in [3.63, 3.8) is 0 Å². The van der Waals surface area contributed by atoms with Crippen LogP contribution in [0.5, 0.6) is 0 Å². The molecule has 0 radical (unpaired) electrons. The number of nitrogens with one attached hydrogen (secondary N) is 1. The molecule has 0 aliphatic rings. The van der Waals surface area contributed by atoms with Crippen molar-refractivity contribution in [2.45, 2.75) is 13.5 Å². The van der Waals surface area contributed by atoms with E-state index < -0.39 is 17.4 Å². The van der Waals surface area contributed by atoms with Gasteiger partial charge in [0.25, 0.3) is 11.5 Å². The van der Waals surface area contributed by atoms with Gasteiger partial charge < -0.3 is 10.1 Å². The summed E-state index contributed by atoms with van der Waals surface area (Å²) in [7, 11) is 0. The lowest BCUT2D eigenvalue weighted by molar-refractivity contribution is -0.135. The summed E-state index contributed by atoms with van der Waals surface area (Å²) in [6, 6.07) is 19.8. The number of rotatable bonds is 6. The maximum Gasteiger partial charge on any atom is 0.332 e. The minimum atomic E-state index is -0.667. The molecule has 0 saturated carbocycles. The molecule has 31 heavy (non-hydrogen) atoms. The highest BCUT2D eigenvalue weighted by Gasteiger charge is 2.17. The third kappa shape index (κ3) is 5.15. The third-order valence-electron chi connectivity index (χ3n) is 4.22. The minimum absolute atomic E-state index is 0.0703. The lowest BCUT2D eigenvalue weighted by Crippen LogP contribution is -2.34. The molecule has 1 amide bonds. The largest absolute Gasteiger partial charge is 0.463 e. The first-order valence-corrected chi connectivity index (χ1v) is 10.3. The Hall–Kier alpha value is -3.96. The molecular weight excluding hydrogens is 414 g/mol. The fourth-order valence-corrected chi connectivity index (χ4v) is 3.88. The summed E-state index contributed by atoms with van der Waals surface area (Å²) in [5.74, 6) is -1.28. The Kier molecular flexibility index (Phi) is 7.14. The van der Waals surface area contributed by atoms with Crippen molar-refractivity contribution in [3.8, 4) is 11.8 Å². The highest BCUT2D eigenvalue weighted by Crippen LogP contribution is 2.04. The van der Waals surface area contributed by atoms with Crippen LogP contribution in [0.15, 0.2) is 65.5 Å². The van der Waals surface area contributed by atoms with Gasteiger partial charge in [0.05, 0.1) is 12.3 Å². The van der Waals surface area contributed by atoms with Crippen LogP contribution in [-0.4, -0.2) is 23.1 Å². The quantitative estimate of drug-likeness (QED) is 0.590. The second kappa shape index (κ2) is 10.2. The molecule has 7 nitrogen and oxygen atoms in total. The molecule has 0 fully saturated rings. The van der Waals surface area contributed by atoms with Crippen LogP contribution >= 0.6 is 11.3 Å². The Morgan fingerprint density at radius 3 is 2.39 bits per heavy atom. The molecule has 2 aromatic carbocycles. The number of para-hydroxylation sites is 1. The second-order valence-corrected chi connectivity index (χ2v) is 7.33. The van der Waals surface area contributed by atoms with Crippen molar-refractivity contribution >= 4 is 34.9 Å². The number of aromatic nitrogens is 1. The molecule has 0 unspecified atom stereocenters. The molecule has 1 heterocycles. The molecule has 0 aliphatic carbocycles. The van der Waals surface area contributed by atoms with E-state index in [4.69, 9.17) is 4.74 Å². The molecule has 0 bridgehead atoms. The molecular formula is C23H19N3O4S. The maximum absolute atomic E-state index is 13.0. The predicted octanol–water partition coefficient (Wildman–Crippen LogP) is 1.23. The van der Waals surface area contributed by atoms with Gasteiger partial charge in [0.1, 0.15) is 15.3 Å². The van der Waals surface area contributed by atoms with Crippen LogP contribution in [0.4, 0.5) is 0 Å². The smallest absolute Gasteiger partial charge is 0.332 e. The number of benzene rings is 2. The molecule has 0 spiro atoms. The average Bonchev–Trinajstić information content (AvgIpc) is 3.09. The number of hydrogen-bond donors (Lipinski definition) is 1. The van der Waals surface area contributed by atoms with Crippen molar-refractivity contribution in [3.05, 3.63) is 85.8 Å². The van der Waals surface area contributed by atoms with Gasteiger partial charge in [0, 0.05) is 12.6 Å². The summed E-state index contributed by atoms with van der Waals surface area (Å²) in [4.78, 5) is 37.7. The Morgan fingerprint density at radius 2 is 1.77 bits per heavy atom. The standard InChI is InChI=1S/C23H19N3O4S/c1-2-30-20(27)13-19-22(29)26(17-11-7-4-8-12-17)23(31-19)18(14-24)21(28)25-15-16-9-5-3-6-10-16/h3-13H,2,15H2,1H3,(H,25,28). The highest BCUT2D eigenvalue weighted by molar-refractivity contribution is 7.07. The van der Waals surface area contributed by atoms with E-state index in [1.54, 1.807) is 37.3 Å². The van der Waals surface area contributed by atoms with Crippen LogP contribution in [0.2, 0.25) is 0 Å². The highest BCUT2D eigenvalue weighted by atomic mass is 32.1. The van der Waals surface area contributed by atoms with Gasteiger partial charge in [-0.2, -0.15) is 5.26 Å². The number of amides is 1. The number of carbonyl (C=O) groups excluding carboxylic acids is 2. The van der Waals surface area contributed by atoms with E-state index in [-0.39, 0.29) is 27.9 Å². The third-order valence-corrected chi connectivity index (χ3v) is 5.31. The molecule has 3 rings (SSSR count). The molecule has 156 valence electrons. The molecule has 0 aliphatic heterocycles. The van der Waals surface area contributed by atoms with Crippen molar-refractivity contribution in [2.24, 2.45) is 0 Å². The van der Waals surface area contributed by atoms with Crippen molar-refractivity contribution < 1.29 is 14.3 Å². The maximum atomic E-state index is 13.0. The first kappa shape index (κ1) is 21.7. The summed E-state index contributed by atoms with van der Waals surface area (Å²) in [5, 5.41) is 12.4. The van der Waals surface area contributed by atoms with E-state index in [0.29, 0.717) is 5.69 Å². The predicted molar refractivity (Wildman–Crippen MR) is 118 cm³/mol. The molecule has 8 heteroatoms. The number of esters is 1. The SMILES string of the molecule is CCOC(=O)C=c1sc(=C(C#N)C(=O)NCc2ccccc2)n(-c2ccccc2)c1=O. The van der Waals surface area contributed by atoms with E-state index >= 15 is 0 Å². The molecule has 0 atom stereocenters. The van der Waals surface area contributed by atoms with Crippen LogP contribution in [0.1, 0.15) is 12.5 Å². The number of hydrogen-bond acceptors (Lipinski definition) is 6. The Balaban J connectivity index is 2.15. The van der Waals surface area contributed by atoms with E-state index in [0.717, 1.165) is 23.0 Å². The van der Waals surface area contributed by atoms with E-state index in [9.17, 15) is 19.6 Å².